The number of aliphatic hydroxyl groups excluding tert-OH is 1. The molecule has 3 rings (SSSR count). The van der Waals surface area contributed by atoms with E-state index in [9.17, 15) is 9.90 Å². The summed E-state index contributed by atoms with van der Waals surface area (Å²) >= 11 is 0. The van der Waals surface area contributed by atoms with Crippen LogP contribution in [0.3, 0.4) is 0 Å². The van der Waals surface area contributed by atoms with E-state index >= 15 is 0 Å². The molecule has 26 heavy (non-hydrogen) atoms. The number of carbonyl (C=O) groups excluding carboxylic acids is 1. The van der Waals surface area contributed by atoms with Crippen molar-refractivity contribution in [1.29, 1.82) is 0 Å². The van der Waals surface area contributed by atoms with E-state index in [1.165, 1.54) is 0 Å². The van der Waals surface area contributed by atoms with Crippen LogP contribution in [-0.2, 0) is 6.54 Å². The minimum absolute atomic E-state index is 0.0258. The van der Waals surface area contributed by atoms with Crippen molar-refractivity contribution in [2.24, 2.45) is 0 Å². The number of rotatable bonds is 7. The summed E-state index contributed by atoms with van der Waals surface area (Å²) in [5, 5.41) is 13.7. The van der Waals surface area contributed by atoms with E-state index < -0.39 is 0 Å². The van der Waals surface area contributed by atoms with Crippen LogP contribution in [0.1, 0.15) is 55.5 Å². The van der Waals surface area contributed by atoms with Crippen LogP contribution < -0.4 is 0 Å². The second-order valence-electron chi connectivity index (χ2n) is 6.91. The van der Waals surface area contributed by atoms with E-state index in [-0.39, 0.29) is 18.6 Å². The SMILES string of the molecule is CCN(CC)Cc1cnc2c(C(=O)N3CCCC[C@@H]3CCO)cnn2c1. The first kappa shape index (κ1) is 18.8. The zero-order chi connectivity index (χ0) is 18.5. The van der Waals surface area contributed by atoms with Gasteiger partial charge in [0.2, 0.25) is 0 Å². The molecule has 0 aliphatic carbocycles. The quantitative estimate of drug-likeness (QED) is 0.818. The number of aromatic nitrogens is 3. The average Bonchev–Trinajstić information content (AvgIpc) is 3.09. The van der Waals surface area contributed by atoms with Gasteiger partial charge in [0, 0.05) is 43.7 Å². The van der Waals surface area contributed by atoms with Gasteiger partial charge in [-0.25, -0.2) is 9.50 Å². The van der Waals surface area contributed by atoms with Crippen LogP contribution in [0.2, 0.25) is 0 Å². The van der Waals surface area contributed by atoms with Crippen LogP contribution >= 0.6 is 0 Å². The normalized spacial score (nSPS) is 18.0. The van der Waals surface area contributed by atoms with Gasteiger partial charge in [-0.3, -0.25) is 9.69 Å². The first-order valence-corrected chi connectivity index (χ1v) is 9.64. The maximum absolute atomic E-state index is 13.1. The second-order valence-corrected chi connectivity index (χ2v) is 6.91. The molecule has 0 bridgehead atoms. The molecule has 2 aromatic heterocycles. The monoisotopic (exact) mass is 359 g/mol. The molecule has 142 valence electrons. The van der Waals surface area contributed by atoms with Gasteiger partial charge < -0.3 is 10.0 Å². The van der Waals surface area contributed by atoms with Gasteiger partial charge in [-0.1, -0.05) is 13.8 Å². The maximum Gasteiger partial charge on any atom is 0.259 e. The minimum Gasteiger partial charge on any atom is -0.396 e. The Morgan fingerprint density at radius 1 is 1.31 bits per heavy atom. The second kappa shape index (κ2) is 8.60. The van der Waals surface area contributed by atoms with Crippen molar-refractivity contribution in [2.75, 3.05) is 26.2 Å². The minimum atomic E-state index is -0.0258. The third-order valence-electron chi connectivity index (χ3n) is 5.29. The van der Waals surface area contributed by atoms with Crippen molar-refractivity contribution in [3.63, 3.8) is 0 Å². The summed E-state index contributed by atoms with van der Waals surface area (Å²) in [5.74, 6) is -0.0258. The lowest BCUT2D eigenvalue weighted by molar-refractivity contribution is 0.0576. The van der Waals surface area contributed by atoms with Crippen LogP contribution in [0.25, 0.3) is 5.65 Å². The summed E-state index contributed by atoms with van der Waals surface area (Å²) in [5.41, 5.74) is 2.23. The highest BCUT2D eigenvalue weighted by atomic mass is 16.3. The molecule has 0 radical (unpaired) electrons. The van der Waals surface area contributed by atoms with Gasteiger partial charge in [0.25, 0.3) is 5.91 Å². The predicted molar refractivity (Wildman–Crippen MR) is 100.0 cm³/mol. The first-order valence-electron chi connectivity index (χ1n) is 9.64. The molecule has 2 aromatic rings. The lowest BCUT2D eigenvalue weighted by atomic mass is 9.99. The van der Waals surface area contributed by atoms with Crippen molar-refractivity contribution in [3.05, 3.63) is 29.7 Å². The fourth-order valence-corrected chi connectivity index (χ4v) is 3.72. The molecule has 0 unspecified atom stereocenters. The topological polar surface area (TPSA) is 74.0 Å². The largest absolute Gasteiger partial charge is 0.396 e. The molecule has 1 aliphatic rings. The molecule has 0 spiro atoms. The standard InChI is InChI=1S/C19H29N5O2/c1-3-22(4-2)13-15-11-20-18-17(12-21-24(18)14-15)19(26)23-9-6-5-7-16(23)8-10-25/h11-12,14,16,25H,3-10,13H2,1-2H3/t16-/m1/s1. The molecule has 0 aromatic carbocycles. The number of amides is 1. The molecule has 1 amide bonds. The summed E-state index contributed by atoms with van der Waals surface area (Å²) in [6.45, 7) is 7.92. The Kier molecular flexibility index (Phi) is 6.21. The van der Waals surface area contributed by atoms with Gasteiger partial charge in [0.15, 0.2) is 5.65 Å². The Labute approximate surface area is 154 Å². The molecular formula is C19H29N5O2. The number of hydrogen-bond donors (Lipinski definition) is 1. The smallest absolute Gasteiger partial charge is 0.259 e. The Hall–Kier alpha value is -1.99. The molecule has 1 fully saturated rings. The average molecular weight is 359 g/mol. The van der Waals surface area contributed by atoms with Crippen molar-refractivity contribution < 1.29 is 9.90 Å². The summed E-state index contributed by atoms with van der Waals surface area (Å²) in [6.07, 6.45) is 9.12. The molecule has 3 heterocycles. The van der Waals surface area contributed by atoms with E-state index in [4.69, 9.17) is 0 Å². The maximum atomic E-state index is 13.1. The van der Waals surface area contributed by atoms with Gasteiger partial charge >= 0.3 is 0 Å². The van der Waals surface area contributed by atoms with Gasteiger partial charge in [-0.05, 0) is 38.8 Å². The lowest BCUT2D eigenvalue weighted by Crippen LogP contribution is -2.44. The number of hydrogen-bond acceptors (Lipinski definition) is 5. The highest BCUT2D eigenvalue weighted by Crippen LogP contribution is 2.23. The Bertz CT molecular complexity index is 739. The first-order chi connectivity index (χ1) is 12.7. The van der Waals surface area contributed by atoms with Crippen LogP contribution in [0.5, 0.6) is 0 Å². The van der Waals surface area contributed by atoms with E-state index in [1.54, 1.807) is 10.7 Å². The third kappa shape index (κ3) is 3.88. The molecule has 7 nitrogen and oxygen atoms in total. The highest BCUT2D eigenvalue weighted by molar-refractivity contribution is 5.99. The Morgan fingerprint density at radius 3 is 2.85 bits per heavy atom. The molecule has 0 saturated carbocycles. The Balaban J connectivity index is 1.82. The lowest BCUT2D eigenvalue weighted by Gasteiger charge is -2.35. The highest BCUT2D eigenvalue weighted by Gasteiger charge is 2.29. The zero-order valence-electron chi connectivity index (χ0n) is 15.8. The van der Waals surface area contributed by atoms with E-state index in [1.807, 2.05) is 17.3 Å². The van der Waals surface area contributed by atoms with E-state index in [2.05, 4.69) is 28.8 Å². The van der Waals surface area contributed by atoms with Crippen molar-refractivity contribution >= 4 is 11.6 Å². The van der Waals surface area contributed by atoms with Gasteiger partial charge in [-0.2, -0.15) is 5.10 Å². The zero-order valence-corrected chi connectivity index (χ0v) is 15.8. The predicted octanol–water partition coefficient (Wildman–Crippen LogP) is 1.95. The number of likely N-dealkylation sites (tertiary alicyclic amines) is 1. The van der Waals surface area contributed by atoms with Gasteiger partial charge in [-0.15, -0.1) is 0 Å². The molecular weight excluding hydrogens is 330 g/mol. The molecule has 1 N–H and O–H groups in total. The molecule has 7 heteroatoms. The van der Waals surface area contributed by atoms with Crippen LogP contribution in [0.4, 0.5) is 0 Å². The molecule has 1 atom stereocenters. The van der Waals surface area contributed by atoms with Gasteiger partial charge in [0.1, 0.15) is 5.56 Å². The summed E-state index contributed by atoms with van der Waals surface area (Å²) in [7, 11) is 0. The van der Waals surface area contributed by atoms with Crippen molar-refractivity contribution in [3.8, 4) is 0 Å². The summed E-state index contributed by atoms with van der Waals surface area (Å²) in [4.78, 5) is 21.8. The third-order valence-corrected chi connectivity index (χ3v) is 5.29. The fraction of sp³-hybridized carbons (Fsp3) is 0.632. The number of carbonyl (C=O) groups is 1. The number of fused-ring (bicyclic) bond motifs is 1. The fourth-order valence-electron chi connectivity index (χ4n) is 3.72. The molecule has 1 aliphatic heterocycles. The van der Waals surface area contributed by atoms with Crippen molar-refractivity contribution in [1.82, 2.24) is 24.4 Å². The Morgan fingerprint density at radius 2 is 2.12 bits per heavy atom. The van der Waals surface area contributed by atoms with E-state index in [0.29, 0.717) is 17.6 Å². The number of piperidine rings is 1. The van der Waals surface area contributed by atoms with Gasteiger partial charge in [0.05, 0.1) is 6.20 Å². The van der Waals surface area contributed by atoms with E-state index in [0.717, 1.165) is 51.0 Å². The number of nitrogens with zero attached hydrogens (tertiary/aromatic N) is 5. The van der Waals surface area contributed by atoms with Crippen LogP contribution in [0, 0.1) is 0 Å². The van der Waals surface area contributed by atoms with Crippen LogP contribution in [-0.4, -0.2) is 67.7 Å². The number of aliphatic hydroxyl groups is 1. The summed E-state index contributed by atoms with van der Waals surface area (Å²) in [6, 6.07) is 0.109. The van der Waals surface area contributed by atoms with Crippen LogP contribution in [0.15, 0.2) is 18.6 Å². The van der Waals surface area contributed by atoms with Crippen molar-refractivity contribution in [2.45, 2.75) is 52.1 Å². The summed E-state index contributed by atoms with van der Waals surface area (Å²) < 4.78 is 1.71. The molecule has 1 saturated heterocycles.